The molecule has 9 heteroatoms. The van der Waals surface area contributed by atoms with Crippen molar-refractivity contribution in [3.05, 3.63) is 41.8 Å². The van der Waals surface area contributed by atoms with Crippen LogP contribution < -0.4 is 5.32 Å². The minimum atomic E-state index is -3.54. The summed E-state index contributed by atoms with van der Waals surface area (Å²) in [5.74, 6) is -0.0478. The number of carbonyl (C=O) groups is 1. The van der Waals surface area contributed by atoms with Gasteiger partial charge in [-0.25, -0.2) is 13.4 Å². The van der Waals surface area contributed by atoms with Gasteiger partial charge in [-0.1, -0.05) is 25.1 Å². The molecule has 1 atom stereocenters. The molecule has 1 aromatic carbocycles. The molecule has 29 heavy (non-hydrogen) atoms. The van der Waals surface area contributed by atoms with Gasteiger partial charge in [-0.05, 0) is 42.8 Å². The Morgan fingerprint density at radius 1 is 1.28 bits per heavy atom. The maximum absolute atomic E-state index is 13.0. The molecule has 1 N–H and O–H groups in total. The highest BCUT2D eigenvalue weighted by molar-refractivity contribution is 7.91. The standard InChI is InChI=1S/C20H24N4O3S2/c1-2-11-24-17-9-4-3-8-16(17)21-20(24)22-19(25)15-7-5-12-23(14-15)29(26,27)18-10-6-13-28-18/h3-4,6,8-10,13,15H,2,5,7,11-12,14H2,1H3,(H,21,22,25)/t15-/m0/s1. The predicted molar refractivity (Wildman–Crippen MR) is 114 cm³/mol. The van der Waals surface area contributed by atoms with Gasteiger partial charge in [0.15, 0.2) is 0 Å². The number of anilines is 1. The number of carbonyl (C=O) groups excluding carboxylic acids is 1. The molecule has 7 nitrogen and oxygen atoms in total. The highest BCUT2D eigenvalue weighted by Gasteiger charge is 2.34. The zero-order valence-electron chi connectivity index (χ0n) is 16.2. The number of benzene rings is 1. The van der Waals surface area contributed by atoms with Gasteiger partial charge in [0.2, 0.25) is 11.9 Å². The Hall–Kier alpha value is -2.23. The molecule has 0 aliphatic carbocycles. The van der Waals surface area contributed by atoms with Crippen molar-refractivity contribution in [3.63, 3.8) is 0 Å². The molecule has 1 aliphatic rings. The Morgan fingerprint density at radius 2 is 2.10 bits per heavy atom. The molecular weight excluding hydrogens is 408 g/mol. The summed E-state index contributed by atoms with van der Waals surface area (Å²) in [4.78, 5) is 17.6. The van der Waals surface area contributed by atoms with Crippen LogP contribution in [0.4, 0.5) is 5.95 Å². The summed E-state index contributed by atoms with van der Waals surface area (Å²) in [5, 5.41) is 4.70. The van der Waals surface area contributed by atoms with E-state index in [4.69, 9.17) is 0 Å². The zero-order valence-corrected chi connectivity index (χ0v) is 17.9. The van der Waals surface area contributed by atoms with Crippen molar-refractivity contribution in [1.82, 2.24) is 13.9 Å². The van der Waals surface area contributed by atoms with Crippen molar-refractivity contribution in [2.24, 2.45) is 5.92 Å². The molecule has 1 amide bonds. The lowest BCUT2D eigenvalue weighted by Crippen LogP contribution is -2.43. The Morgan fingerprint density at radius 3 is 2.86 bits per heavy atom. The largest absolute Gasteiger partial charge is 0.310 e. The van der Waals surface area contributed by atoms with Gasteiger partial charge in [0.25, 0.3) is 10.0 Å². The zero-order chi connectivity index (χ0) is 20.4. The van der Waals surface area contributed by atoms with E-state index in [1.54, 1.807) is 17.5 Å². The lowest BCUT2D eigenvalue weighted by Gasteiger charge is -2.30. The fourth-order valence-corrected chi connectivity index (χ4v) is 6.41. The van der Waals surface area contributed by atoms with E-state index in [1.165, 1.54) is 15.6 Å². The molecule has 0 spiro atoms. The van der Waals surface area contributed by atoms with Crippen molar-refractivity contribution in [2.45, 2.75) is 36.9 Å². The maximum Gasteiger partial charge on any atom is 0.252 e. The number of fused-ring (bicyclic) bond motifs is 1. The van der Waals surface area contributed by atoms with E-state index in [0.29, 0.717) is 29.5 Å². The summed E-state index contributed by atoms with van der Waals surface area (Å²) in [6.07, 6.45) is 2.24. The Balaban J connectivity index is 1.53. The third-order valence-corrected chi connectivity index (χ3v) is 8.42. The second-order valence-corrected chi connectivity index (χ2v) is 10.3. The third kappa shape index (κ3) is 3.94. The van der Waals surface area contributed by atoms with E-state index < -0.39 is 15.9 Å². The van der Waals surface area contributed by atoms with Crippen LogP contribution in [0.2, 0.25) is 0 Å². The van der Waals surface area contributed by atoms with E-state index in [2.05, 4.69) is 17.2 Å². The van der Waals surface area contributed by atoms with E-state index >= 15 is 0 Å². The van der Waals surface area contributed by atoms with Crippen molar-refractivity contribution < 1.29 is 13.2 Å². The first-order valence-electron chi connectivity index (χ1n) is 9.80. The molecule has 1 fully saturated rings. The number of aryl methyl sites for hydroxylation is 1. The van der Waals surface area contributed by atoms with Crippen LogP contribution in [0.5, 0.6) is 0 Å². The van der Waals surface area contributed by atoms with Crippen LogP contribution in [-0.2, 0) is 21.4 Å². The van der Waals surface area contributed by atoms with Gasteiger partial charge >= 0.3 is 0 Å². The number of hydrogen-bond acceptors (Lipinski definition) is 5. The quantitative estimate of drug-likeness (QED) is 0.646. The fourth-order valence-electron chi connectivity index (χ4n) is 3.75. The number of rotatable bonds is 6. The lowest BCUT2D eigenvalue weighted by atomic mass is 9.99. The van der Waals surface area contributed by atoms with Crippen LogP contribution in [-0.4, -0.2) is 41.3 Å². The minimum Gasteiger partial charge on any atom is -0.310 e. The highest BCUT2D eigenvalue weighted by Crippen LogP contribution is 2.27. The van der Waals surface area contributed by atoms with E-state index in [-0.39, 0.29) is 12.5 Å². The average molecular weight is 433 g/mol. The summed E-state index contributed by atoms with van der Waals surface area (Å²) >= 11 is 1.20. The molecule has 0 bridgehead atoms. The molecule has 1 saturated heterocycles. The second kappa shape index (κ2) is 8.25. The number of nitrogens with zero attached hydrogens (tertiary/aromatic N) is 3. The number of para-hydroxylation sites is 2. The molecule has 2 aromatic heterocycles. The molecule has 1 aliphatic heterocycles. The first kappa shape index (κ1) is 20.1. The number of sulfonamides is 1. The molecule has 3 aromatic rings. The predicted octanol–water partition coefficient (Wildman–Crippen LogP) is 3.55. The molecule has 3 heterocycles. The maximum atomic E-state index is 13.0. The van der Waals surface area contributed by atoms with Crippen molar-refractivity contribution >= 4 is 44.2 Å². The van der Waals surface area contributed by atoms with Gasteiger partial charge in [0.05, 0.1) is 17.0 Å². The van der Waals surface area contributed by atoms with E-state index in [9.17, 15) is 13.2 Å². The molecule has 0 radical (unpaired) electrons. The summed E-state index contributed by atoms with van der Waals surface area (Å²) in [6, 6.07) is 11.1. The Kier molecular flexibility index (Phi) is 5.71. The minimum absolute atomic E-state index is 0.177. The smallest absolute Gasteiger partial charge is 0.252 e. The molecule has 0 saturated carbocycles. The van der Waals surface area contributed by atoms with Crippen molar-refractivity contribution in [2.75, 3.05) is 18.4 Å². The number of nitrogens with one attached hydrogen (secondary N) is 1. The van der Waals surface area contributed by atoms with Gasteiger partial charge in [0.1, 0.15) is 4.21 Å². The number of imidazole rings is 1. The van der Waals surface area contributed by atoms with Gasteiger partial charge < -0.3 is 4.57 Å². The van der Waals surface area contributed by atoms with Crippen molar-refractivity contribution in [1.29, 1.82) is 0 Å². The van der Waals surface area contributed by atoms with Crippen molar-refractivity contribution in [3.8, 4) is 0 Å². The monoisotopic (exact) mass is 432 g/mol. The number of amides is 1. The summed E-state index contributed by atoms with van der Waals surface area (Å²) in [6.45, 7) is 3.47. The first-order chi connectivity index (χ1) is 14.0. The van der Waals surface area contributed by atoms with Gasteiger partial charge in [-0.2, -0.15) is 4.31 Å². The topological polar surface area (TPSA) is 84.3 Å². The number of aromatic nitrogens is 2. The summed E-state index contributed by atoms with van der Waals surface area (Å²) in [7, 11) is -3.54. The van der Waals surface area contributed by atoms with Crippen LogP contribution in [0, 0.1) is 5.92 Å². The average Bonchev–Trinajstić information content (AvgIpc) is 3.38. The third-order valence-electron chi connectivity index (χ3n) is 5.18. The van der Waals surface area contributed by atoms with Crippen LogP contribution >= 0.6 is 11.3 Å². The molecule has 4 rings (SSSR count). The van der Waals surface area contributed by atoms with Crippen LogP contribution in [0.25, 0.3) is 11.0 Å². The van der Waals surface area contributed by atoms with Gasteiger partial charge in [-0.15, -0.1) is 11.3 Å². The SMILES string of the molecule is CCCn1c(NC(=O)[C@H]2CCCN(S(=O)(=O)c3cccs3)C2)nc2ccccc21. The number of thiophene rings is 1. The number of piperidine rings is 1. The number of hydrogen-bond donors (Lipinski definition) is 1. The normalized spacial score (nSPS) is 18.2. The van der Waals surface area contributed by atoms with Gasteiger partial charge in [0, 0.05) is 19.6 Å². The van der Waals surface area contributed by atoms with Crippen LogP contribution in [0.15, 0.2) is 46.0 Å². The first-order valence-corrected chi connectivity index (χ1v) is 12.1. The molecule has 0 unspecified atom stereocenters. The van der Waals surface area contributed by atoms with E-state index in [1.807, 2.05) is 28.8 Å². The van der Waals surface area contributed by atoms with Crippen LogP contribution in [0.3, 0.4) is 0 Å². The highest BCUT2D eigenvalue weighted by atomic mass is 32.2. The lowest BCUT2D eigenvalue weighted by molar-refractivity contribution is -0.120. The fraction of sp³-hybridized carbons (Fsp3) is 0.400. The second-order valence-electron chi connectivity index (χ2n) is 7.20. The summed E-state index contributed by atoms with van der Waals surface area (Å²) < 4.78 is 29.4. The van der Waals surface area contributed by atoms with Crippen LogP contribution in [0.1, 0.15) is 26.2 Å². The summed E-state index contributed by atoms with van der Waals surface area (Å²) in [5.41, 5.74) is 1.82. The van der Waals surface area contributed by atoms with Gasteiger partial charge in [-0.3, -0.25) is 10.1 Å². The Labute approximate surface area is 174 Å². The Bertz CT molecular complexity index is 1110. The molecule has 154 valence electrons. The van der Waals surface area contributed by atoms with E-state index in [0.717, 1.165) is 24.0 Å². The molecular formula is C20H24N4O3S2.